The van der Waals surface area contributed by atoms with E-state index >= 15 is 0 Å². The fraction of sp³-hybridized carbons (Fsp3) is 0.500. The number of ether oxygens (including phenoxy) is 1. The van der Waals surface area contributed by atoms with Gasteiger partial charge in [0.25, 0.3) is 0 Å². The van der Waals surface area contributed by atoms with Gasteiger partial charge >= 0.3 is 5.97 Å². The first-order chi connectivity index (χ1) is 7.58. The smallest absolute Gasteiger partial charge is 0.314 e. The third-order valence-electron chi connectivity index (χ3n) is 2.83. The van der Waals surface area contributed by atoms with E-state index in [1.54, 1.807) is 0 Å². The Hall–Kier alpha value is -1.31. The summed E-state index contributed by atoms with van der Waals surface area (Å²) in [4.78, 5) is 11.7. The Bertz CT molecular complexity index is 369. The van der Waals surface area contributed by atoms with Crippen LogP contribution in [0.15, 0.2) is 18.2 Å². The van der Waals surface area contributed by atoms with Crippen molar-refractivity contribution in [1.82, 2.24) is 0 Å². The minimum atomic E-state index is -0.136. The van der Waals surface area contributed by atoms with Crippen LogP contribution < -0.4 is 4.74 Å². The highest BCUT2D eigenvalue weighted by atomic mass is 16.5. The summed E-state index contributed by atoms with van der Waals surface area (Å²) in [5.41, 5.74) is 2.20. The van der Waals surface area contributed by atoms with Crippen molar-refractivity contribution < 1.29 is 9.53 Å². The Morgan fingerprint density at radius 2 is 2.06 bits per heavy atom. The lowest BCUT2D eigenvalue weighted by molar-refractivity contribution is -0.138. The zero-order valence-electron chi connectivity index (χ0n) is 10.5. The van der Waals surface area contributed by atoms with Crippen molar-refractivity contribution >= 4 is 5.97 Å². The quantitative estimate of drug-likeness (QED) is 0.573. The molecule has 0 fully saturated rings. The van der Waals surface area contributed by atoms with Crippen molar-refractivity contribution in [3.63, 3.8) is 0 Å². The molecule has 1 aromatic rings. The second kappa shape index (κ2) is 5.69. The van der Waals surface area contributed by atoms with Crippen LogP contribution in [0.4, 0.5) is 0 Å². The summed E-state index contributed by atoms with van der Waals surface area (Å²) < 4.78 is 5.43. The predicted octanol–water partition coefficient (Wildman–Crippen LogP) is 3.51. The van der Waals surface area contributed by atoms with E-state index in [9.17, 15) is 4.79 Å². The third-order valence-corrected chi connectivity index (χ3v) is 2.83. The van der Waals surface area contributed by atoms with Crippen LogP contribution in [-0.4, -0.2) is 5.97 Å². The number of hydrogen-bond acceptors (Lipinski definition) is 2. The molecule has 1 atom stereocenters. The summed E-state index contributed by atoms with van der Waals surface area (Å²) in [7, 11) is 0. The van der Waals surface area contributed by atoms with E-state index in [-0.39, 0.29) is 11.9 Å². The van der Waals surface area contributed by atoms with Crippen LogP contribution in [0.3, 0.4) is 0 Å². The number of benzene rings is 1. The molecule has 0 saturated heterocycles. The van der Waals surface area contributed by atoms with Crippen LogP contribution in [0, 0.1) is 12.8 Å². The average molecular weight is 220 g/mol. The van der Waals surface area contributed by atoms with Gasteiger partial charge in [0.05, 0.1) is 5.92 Å². The molecule has 2 heteroatoms. The van der Waals surface area contributed by atoms with Crippen molar-refractivity contribution in [2.45, 2.75) is 40.5 Å². The lowest BCUT2D eigenvalue weighted by Crippen LogP contribution is -2.17. The van der Waals surface area contributed by atoms with Gasteiger partial charge in [-0.05, 0) is 37.0 Å². The predicted molar refractivity (Wildman–Crippen MR) is 65.6 cm³/mol. The third kappa shape index (κ3) is 3.09. The van der Waals surface area contributed by atoms with Gasteiger partial charge in [0.2, 0.25) is 0 Å². The highest BCUT2D eigenvalue weighted by Gasteiger charge is 2.14. The van der Waals surface area contributed by atoms with Crippen LogP contribution in [-0.2, 0) is 11.2 Å². The molecule has 0 radical (unpaired) electrons. The summed E-state index contributed by atoms with van der Waals surface area (Å²) in [6, 6.07) is 5.99. The van der Waals surface area contributed by atoms with Gasteiger partial charge < -0.3 is 4.74 Å². The number of carbonyl (C=O) groups excluding carboxylic acids is 1. The van der Waals surface area contributed by atoms with E-state index in [4.69, 9.17) is 4.74 Å². The van der Waals surface area contributed by atoms with Gasteiger partial charge in [-0.15, -0.1) is 0 Å². The molecular weight excluding hydrogens is 200 g/mol. The van der Waals surface area contributed by atoms with Crippen molar-refractivity contribution in [2.24, 2.45) is 5.92 Å². The van der Waals surface area contributed by atoms with Gasteiger partial charge in [-0.2, -0.15) is 0 Å². The summed E-state index contributed by atoms with van der Waals surface area (Å²) in [6.45, 7) is 7.94. The van der Waals surface area contributed by atoms with Gasteiger partial charge in [0, 0.05) is 0 Å². The number of carbonyl (C=O) groups is 1. The molecule has 0 aromatic heterocycles. The lowest BCUT2D eigenvalue weighted by atomic mass is 10.1. The number of esters is 1. The Labute approximate surface area is 97.6 Å². The van der Waals surface area contributed by atoms with Crippen molar-refractivity contribution in [1.29, 1.82) is 0 Å². The molecule has 0 unspecified atom stereocenters. The second-order valence-corrected chi connectivity index (χ2v) is 4.20. The molecule has 1 rings (SSSR count). The SMILES string of the molecule is CCc1ccc(C)cc1OC(=O)[C@H](C)CC. The van der Waals surface area contributed by atoms with Gasteiger partial charge in [0.15, 0.2) is 0 Å². The van der Waals surface area contributed by atoms with E-state index in [0.717, 1.165) is 24.0 Å². The van der Waals surface area contributed by atoms with Crippen LogP contribution in [0.1, 0.15) is 38.3 Å². The van der Waals surface area contributed by atoms with Gasteiger partial charge in [-0.25, -0.2) is 0 Å². The molecule has 0 amide bonds. The van der Waals surface area contributed by atoms with Crippen LogP contribution >= 0.6 is 0 Å². The molecule has 88 valence electrons. The molecule has 0 spiro atoms. The van der Waals surface area contributed by atoms with Gasteiger partial charge in [-0.3, -0.25) is 4.79 Å². The van der Waals surface area contributed by atoms with Crippen molar-refractivity contribution in [3.05, 3.63) is 29.3 Å². The monoisotopic (exact) mass is 220 g/mol. The van der Waals surface area contributed by atoms with E-state index < -0.39 is 0 Å². The van der Waals surface area contributed by atoms with E-state index in [1.165, 1.54) is 0 Å². The highest BCUT2D eigenvalue weighted by molar-refractivity contribution is 5.75. The average Bonchev–Trinajstić information content (AvgIpc) is 2.28. The van der Waals surface area contributed by atoms with Crippen molar-refractivity contribution in [2.75, 3.05) is 0 Å². The number of aryl methyl sites for hydroxylation is 2. The molecular formula is C14H20O2. The molecule has 0 heterocycles. The largest absolute Gasteiger partial charge is 0.426 e. The van der Waals surface area contributed by atoms with Gasteiger partial charge in [0.1, 0.15) is 5.75 Å². The molecule has 16 heavy (non-hydrogen) atoms. The lowest BCUT2D eigenvalue weighted by Gasteiger charge is -2.12. The van der Waals surface area contributed by atoms with Gasteiger partial charge in [-0.1, -0.05) is 32.9 Å². The van der Waals surface area contributed by atoms with Crippen LogP contribution in [0.5, 0.6) is 5.75 Å². The fourth-order valence-electron chi connectivity index (χ4n) is 1.42. The molecule has 0 bridgehead atoms. The maximum Gasteiger partial charge on any atom is 0.314 e. The topological polar surface area (TPSA) is 26.3 Å². The summed E-state index contributed by atoms with van der Waals surface area (Å²) in [6.07, 6.45) is 1.69. The zero-order chi connectivity index (χ0) is 12.1. The molecule has 0 N–H and O–H groups in total. The minimum absolute atomic E-state index is 0.0368. The maximum absolute atomic E-state index is 11.7. The van der Waals surface area contributed by atoms with Crippen molar-refractivity contribution in [3.8, 4) is 5.75 Å². The molecule has 0 aliphatic heterocycles. The first kappa shape index (κ1) is 12.8. The molecule has 2 nitrogen and oxygen atoms in total. The normalized spacial score (nSPS) is 12.2. The van der Waals surface area contributed by atoms with E-state index in [2.05, 4.69) is 6.92 Å². The maximum atomic E-state index is 11.7. The van der Waals surface area contributed by atoms with Crippen LogP contribution in [0.2, 0.25) is 0 Å². The van der Waals surface area contributed by atoms with Crippen LogP contribution in [0.25, 0.3) is 0 Å². The summed E-state index contributed by atoms with van der Waals surface area (Å²) in [5.74, 6) is 0.542. The molecule has 1 aromatic carbocycles. The Balaban J connectivity index is 2.87. The Morgan fingerprint density at radius 1 is 1.38 bits per heavy atom. The summed E-state index contributed by atoms with van der Waals surface area (Å²) in [5, 5.41) is 0. The first-order valence-corrected chi connectivity index (χ1v) is 5.89. The molecule has 0 aliphatic rings. The highest BCUT2D eigenvalue weighted by Crippen LogP contribution is 2.22. The summed E-state index contributed by atoms with van der Waals surface area (Å²) >= 11 is 0. The number of hydrogen-bond donors (Lipinski definition) is 0. The number of rotatable bonds is 4. The molecule has 0 saturated carbocycles. The second-order valence-electron chi connectivity index (χ2n) is 4.20. The van der Waals surface area contributed by atoms with E-state index in [1.807, 2.05) is 39.0 Å². The molecule has 0 aliphatic carbocycles. The first-order valence-electron chi connectivity index (χ1n) is 5.89. The fourth-order valence-corrected chi connectivity index (χ4v) is 1.42. The standard InChI is InChI=1S/C14H20O2/c1-5-11(4)14(15)16-13-9-10(3)7-8-12(13)6-2/h7-9,11H,5-6H2,1-4H3/t11-/m1/s1. The van der Waals surface area contributed by atoms with E-state index in [0.29, 0.717) is 5.75 Å². The Morgan fingerprint density at radius 3 is 2.62 bits per heavy atom. The Kier molecular flexibility index (Phi) is 4.53. The zero-order valence-corrected chi connectivity index (χ0v) is 10.5. The minimum Gasteiger partial charge on any atom is -0.426 e.